The van der Waals surface area contributed by atoms with E-state index in [0.717, 1.165) is 45.6 Å². The molecule has 0 bridgehead atoms. The van der Waals surface area contributed by atoms with Gasteiger partial charge in [-0.25, -0.2) is 0 Å². The predicted octanol–water partition coefficient (Wildman–Crippen LogP) is 2.87. The van der Waals surface area contributed by atoms with E-state index in [0.29, 0.717) is 5.75 Å². The lowest BCUT2D eigenvalue weighted by atomic mass is 9.90. The highest BCUT2D eigenvalue weighted by Gasteiger charge is 2.46. The molecule has 1 spiro atoms. The Labute approximate surface area is 154 Å². The molecule has 26 heavy (non-hydrogen) atoms. The van der Waals surface area contributed by atoms with Crippen LogP contribution in [0.15, 0.2) is 53.5 Å². The largest absolute Gasteiger partial charge is 0.508 e. The minimum atomic E-state index is -0.00482. The normalized spacial score (nSPS) is 21.1. The fourth-order valence-corrected chi connectivity index (χ4v) is 4.54. The first-order chi connectivity index (χ1) is 12.7. The zero-order valence-corrected chi connectivity index (χ0v) is 14.9. The number of phenolic OH excluding ortho intramolecular Hbond substituents is 1. The quantitative estimate of drug-likeness (QED) is 0.876. The van der Waals surface area contributed by atoms with Gasteiger partial charge in [0.25, 0.3) is 0 Å². The van der Waals surface area contributed by atoms with Gasteiger partial charge in [0.2, 0.25) is 0 Å². The van der Waals surface area contributed by atoms with Crippen LogP contribution in [0.5, 0.6) is 5.75 Å². The minimum absolute atomic E-state index is 0.00482. The summed E-state index contributed by atoms with van der Waals surface area (Å²) in [5.41, 5.74) is 3.71. The number of aromatic hydroxyl groups is 1. The highest BCUT2D eigenvalue weighted by atomic mass is 16.3. The number of piperidine rings is 1. The zero-order valence-electron chi connectivity index (χ0n) is 14.9. The molecule has 0 unspecified atom stereocenters. The summed E-state index contributed by atoms with van der Waals surface area (Å²) in [7, 11) is 0. The number of phenols is 1. The van der Waals surface area contributed by atoms with Gasteiger partial charge < -0.3 is 15.3 Å². The molecule has 134 valence electrons. The molecule has 0 atom stereocenters. The zero-order chi connectivity index (χ0) is 17.6. The van der Waals surface area contributed by atoms with Crippen molar-refractivity contribution in [2.75, 3.05) is 31.5 Å². The number of nitrogens with one attached hydrogen (secondary N) is 1. The maximum Gasteiger partial charge on any atom is 0.134 e. The average molecular weight is 348 g/mol. The van der Waals surface area contributed by atoms with Crippen molar-refractivity contribution in [3.05, 3.63) is 59.7 Å². The first-order valence-electron chi connectivity index (χ1n) is 9.43. The molecule has 3 aliphatic heterocycles. The predicted molar refractivity (Wildman–Crippen MR) is 104 cm³/mol. The molecule has 1 fully saturated rings. The number of benzene rings is 2. The second-order valence-corrected chi connectivity index (χ2v) is 7.50. The van der Waals surface area contributed by atoms with E-state index in [-0.39, 0.29) is 5.66 Å². The monoisotopic (exact) mass is 348 g/mol. The standard InChI is InChI=1S/C21H24N4O/c26-17-7-5-16(6-8-17)15-24-12-9-21(10-13-24)23-19-4-2-1-3-18(19)20-22-11-14-25(20)21/h1-8,23,26H,9-15H2. The number of fused-ring (bicyclic) bond motifs is 4. The molecule has 5 nitrogen and oxygen atoms in total. The van der Waals surface area contributed by atoms with Crippen molar-refractivity contribution in [2.24, 2.45) is 4.99 Å². The lowest BCUT2D eigenvalue weighted by Gasteiger charge is -2.52. The minimum Gasteiger partial charge on any atom is -0.508 e. The number of likely N-dealkylation sites (tertiary alicyclic amines) is 1. The van der Waals surface area contributed by atoms with Crippen LogP contribution in [-0.2, 0) is 6.54 Å². The van der Waals surface area contributed by atoms with Crippen LogP contribution in [0.1, 0.15) is 24.0 Å². The van der Waals surface area contributed by atoms with Crippen LogP contribution in [0.2, 0.25) is 0 Å². The molecule has 5 heteroatoms. The molecule has 5 rings (SSSR count). The number of amidine groups is 1. The smallest absolute Gasteiger partial charge is 0.134 e. The number of aliphatic imine (C=N–C) groups is 1. The van der Waals surface area contributed by atoms with Gasteiger partial charge in [-0.1, -0.05) is 24.3 Å². The summed E-state index contributed by atoms with van der Waals surface area (Å²) in [6.07, 6.45) is 2.16. The van der Waals surface area contributed by atoms with E-state index >= 15 is 0 Å². The fraction of sp³-hybridized carbons (Fsp3) is 0.381. The second kappa shape index (κ2) is 6.02. The lowest BCUT2D eigenvalue weighted by Crippen LogP contribution is -2.63. The van der Waals surface area contributed by atoms with Gasteiger partial charge in [0.05, 0.1) is 6.54 Å². The lowest BCUT2D eigenvalue weighted by molar-refractivity contribution is 0.0896. The van der Waals surface area contributed by atoms with Gasteiger partial charge in [-0.3, -0.25) is 9.89 Å². The van der Waals surface area contributed by atoms with Crippen molar-refractivity contribution in [2.45, 2.75) is 25.0 Å². The first-order valence-corrected chi connectivity index (χ1v) is 9.43. The summed E-state index contributed by atoms with van der Waals surface area (Å²) in [5, 5.41) is 13.3. The molecule has 3 aliphatic rings. The van der Waals surface area contributed by atoms with Crippen LogP contribution in [0.3, 0.4) is 0 Å². The number of nitrogens with zero attached hydrogens (tertiary/aromatic N) is 3. The Kier molecular flexibility index (Phi) is 3.64. The third kappa shape index (κ3) is 2.54. The van der Waals surface area contributed by atoms with Crippen molar-refractivity contribution in [3.8, 4) is 5.75 Å². The topological polar surface area (TPSA) is 51.1 Å². The van der Waals surface area contributed by atoms with E-state index in [9.17, 15) is 5.11 Å². The third-order valence-electron chi connectivity index (χ3n) is 5.92. The highest BCUT2D eigenvalue weighted by Crippen LogP contribution is 2.39. The molecule has 2 aromatic carbocycles. The van der Waals surface area contributed by atoms with E-state index in [1.807, 2.05) is 12.1 Å². The van der Waals surface area contributed by atoms with Crippen LogP contribution in [0, 0.1) is 0 Å². The van der Waals surface area contributed by atoms with E-state index < -0.39 is 0 Å². The first kappa shape index (κ1) is 15.7. The van der Waals surface area contributed by atoms with Gasteiger partial charge >= 0.3 is 0 Å². The molecular weight excluding hydrogens is 324 g/mol. The molecule has 0 aromatic heterocycles. The molecule has 0 saturated carbocycles. The van der Waals surface area contributed by atoms with E-state index in [1.165, 1.54) is 22.6 Å². The number of para-hydroxylation sites is 1. The maximum atomic E-state index is 9.46. The van der Waals surface area contributed by atoms with Crippen molar-refractivity contribution in [1.29, 1.82) is 0 Å². The van der Waals surface area contributed by atoms with Gasteiger partial charge in [-0.2, -0.15) is 0 Å². The molecule has 1 saturated heterocycles. The van der Waals surface area contributed by atoms with Crippen molar-refractivity contribution in [3.63, 3.8) is 0 Å². The Bertz CT molecular complexity index is 837. The summed E-state index contributed by atoms with van der Waals surface area (Å²) in [4.78, 5) is 9.82. The molecule has 0 aliphatic carbocycles. The molecule has 0 amide bonds. The Morgan fingerprint density at radius 1 is 1.00 bits per heavy atom. The average Bonchev–Trinajstić information content (AvgIpc) is 3.17. The Hall–Kier alpha value is -2.53. The molecular formula is C21H24N4O. The van der Waals surface area contributed by atoms with Crippen LogP contribution >= 0.6 is 0 Å². The Morgan fingerprint density at radius 3 is 2.58 bits per heavy atom. The summed E-state index contributed by atoms with van der Waals surface area (Å²) in [6.45, 7) is 4.95. The second-order valence-electron chi connectivity index (χ2n) is 7.50. The van der Waals surface area contributed by atoms with Crippen LogP contribution < -0.4 is 5.32 Å². The van der Waals surface area contributed by atoms with Gasteiger partial charge in [0.1, 0.15) is 17.2 Å². The van der Waals surface area contributed by atoms with Crippen molar-refractivity contribution >= 4 is 11.5 Å². The van der Waals surface area contributed by atoms with Crippen LogP contribution in [0.25, 0.3) is 0 Å². The van der Waals surface area contributed by atoms with E-state index in [1.54, 1.807) is 12.1 Å². The summed E-state index contributed by atoms with van der Waals surface area (Å²) in [6, 6.07) is 16.1. The third-order valence-corrected chi connectivity index (χ3v) is 5.92. The van der Waals surface area contributed by atoms with Gasteiger partial charge in [0.15, 0.2) is 0 Å². The van der Waals surface area contributed by atoms with Crippen LogP contribution in [-0.4, -0.2) is 52.6 Å². The number of anilines is 1. The Morgan fingerprint density at radius 2 is 1.77 bits per heavy atom. The van der Waals surface area contributed by atoms with Gasteiger partial charge in [-0.05, 0) is 29.8 Å². The fourth-order valence-electron chi connectivity index (χ4n) is 4.54. The summed E-state index contributed by atoms with van der Waals surface area (Å²) >= 11 is 0. The van der Waals surface area contributed by atoms with Gasteiger partial charge in [0, 0.05) is 50.3 Å². The SMILES string of the molecule is Oc1ccc(CN2CCC3(CC2)Nc2ccccc2C2=NCCN23)cc1. The van der Waals surface area contributed by atoms with Crippen molar-refractivity contribution < 1.29 is 5.11 Å². The maximum absolute atomic E-state index is 9.46. The van der Waals surface area contributed by atoms with E-state index in [2.05, 4.69) is 39.4 Å². The molecule has 0 radical (unpaired) electrons. The molecule has 2 N–H and O–H groups in total. The molecule has 3 heterocycles. The highest BCUT2D eigenvalue weighted by molar-refractivity contribution is 6.06. The number of hydrogen-bond donors (Lipinski definition) is 2. The summed E-state index contributed by atoms with van der Waals surface area (Å²) < 4.78 is 0. The number of rotatable bonds is 2. The van der Waals surface area contributed by atoms with E-state index in [4.69, 9.17) is 4.99 Å². The van der Waals surface area contributed by atoms with Gasteiger partial charge in [-0.15, -0.1) is 0 Å². The molecule has 2 aromatic rings. The number of hydrogen-bond acceptors (Lipinski definition) is 5. The summed E-state index contributed by atoms with van der Waals surface area (Å²) in [5.74, 6) is 1.50. The van der Waals surface area contributed by atoms with Crippen LogP contribution in [0.4, 0.5) is 5.69 Å². The Balaban J connectivity index is 1.34. The van der Waals surface area contributed by atoms with Crippen molar-refractivity contribution in [1.82, 2.24) is 9.80 Å².